The second-order valence-electron chi connectivity index (χ2n) is 10.5. The largest absolute Gasteiger partial charge is 0.350 e. The Kier molecular flexibility index (Phi) is 10.1. The maximum absolute atomic E-state index is 13.5. The van der Waals surface area contributed by atoms with Crippen molar-refractivity contribution in [3.05, 3.63) is 65.2 Å². The highest BCUT2D eigenvalue weighted by molar-refractivity contribution is 7.92. The van der Waals surface area contributed by atoms with Crippen LogP contribution in [0.5, 0.6) is 0 Å². The Balaban J connectivity index is 2.23. The Morgan fingerprint density at radius 3 is 2.08 bits per heavy atom. The number of amides is 2. The van der Waals surface area contributed by atoms with Crippen LogP contribution in [0.25, 0.3) is 0 Å². The molecule has 0 saturated heterocycles. The Morgan fingerprint density at radius 1 is 1.00 bits per heavy atom. The van der Waals surface area contributed by atoms with Gasteiger partial charge in [-0.25, -0.2) is 8.42 Å². The highest BCUT2D eigenvalue weighted by Crippen LogP contribution is 2.22. The SMILES string of the molecule is CC[C@H](C(=O)NC(C)(C)C)N(Cc1ccccc1)C(=O)CCCN(c1cc(C)cc(C)c1)S(C)(=O)=O. The van der Waals surface area contributed by atoms with Gasteiger partial charge in [-0.3, -0.25) is 13.9 Å². The summed E-state index contributed by atoms with van der Waals surface area (Å²) in [5, 5.41) is 3.00. The van der Waals surface area contributed by atoms with E-state index in [1.54, 1.807) is 4.90 Å². The molecule has 0 saturated carbocycles. The van der Waals surface area contributed by atoms with Crippen LogP contribution in [0.3, 0.4) is 0 Å². The Bertz CT molecular complexity index is 1120. The van der Waals surface area contributed by atoms with Gasteiger partial charge in [-0.05, 0) is 76.3 Å². The molecular weight excluding hydrogens is 474 g/mol. The number of anilines is 1. The number of carbonyl (C=O) groups is 2. The van der Waals surface area contributed by atoms with E-state index in [4.69, 9.17) is 0 Å². The van der Waals surface area contributed by atoms with E-state index in [-0.39, 0.29) is 24.8 Å². The fourth-order valence-electron chi connectivity index (χ4n) is 4.25. The van der Waals surface area contributed by atoms with Crippen LogP contribution in [0.2, 0.25) is 0 Å². The summed E-state index contributed by atoms with van der Waals surface area (Å²) in [5.41, 5.74) is 3.05. The van der Waals surface area contributed by atoms with Crippen molar-refractivity contribution in [3.8, 4) is 0 Å². The summed E-state index contributed by atoms with van der Waals surface area (Å²) in [6.45, 7) is 12.0. The summed E-state index contributed by atoms with van der Waals surface area (Å²) < 4.78 is 26.5. The lowest BCUT2D eigenvalue weighted by Gasteiger charge is -2.33. The molecule has 0 fully saturated rings. The maximum atomic E-state index is 13.5. The van der Waals surface area contributed by atoms with Crippen LogP contribution >= 0.6 is 0 Å². The molecule has 1 N–H and O–H groups in total. The molecule has 198 valence electrons. The zero-order valence-corrected chi connectivity index (χ0v) is 23.5. The molecule has 0 radical (unpaired) electrons. The molecule has 0 aliphatic heterocycles. The minimum Gasteiger partial charge on any atom is -0.350 e. The average molecular weight is 516 g/mol. The van der Waals surface area contributed by atoms with Crippen molar-refractivity contribution in [2.75, 3.05) is 17.1 Å². The Hall–Kier alpha value is -2.87. The first-order valence-corrected chi connectivity index (χ1v) is 14.3. The number of nitrogens with zero attached hydrogens (tertiary/aromatic N) is 2. The van der Waals surface area contributed by atoms with E-state index in [1.807, 2.05) is 90.1 Å². The number of hydrogen-bond donors (Lipinski definition) is 1. The second-order valence-corrected chi connectivity index (χ2v) is 12.4. The van der Waals surface area contributed by atoms with Crippen LogP contribution in [-0.4, -0.2) is 49.5 Å². The molecule has 2 aromatic carbocycles. The summed E-state index contributed by atoms with van der Waals surface area (Å²) in [5.74, 6) is -0.370. The van der Waals surface area contributed by atoms with Gasteiger partial charge in [0.05, 0.1) is 11.9 Å². The number of benzene rings is 2. The minimum atomic E-state index is -3.53. The van der Waals surface area contributed by atoms with Crippen LogP contribution in [0, 0.1) is 13.8 Å². The van der Waals surface area contributed by atoms with Crippen molar-refractivity contribution in [2.24, 2.45) is 0 Å². The van der Waals surface area contributed by atoms with E-state index >= 15 is 0 Å². The van der Waals surface area contributed by atoms with Crippen molar-refractivity contribution in [1.82, 2.24) is 10.2 Å². The summed E-state index contributed by atoms with van der Waals surface area (Å²) >= 11 is 0. The third-order valence-electron chi connectivity index (χ3n) is 5.73. The molecule has 0 heterocycles. The highest BCUT2D eigenvalue weighted by atomic mass is 32.2. The van der Waals surface area contributed by atoms with Gasteiger partial charge in [0.1, 0.15) is 6.04 Å². The van der Waals surface area contributed by atoms with Crippen LogP contribution in [0.15, 0.2) is 48.5 Å². The first kappa shape index (κ1) is 29.4. The average Bonchev–Trinajstić information content (AvgIpc) is 2.74. The zero-order valence-electron chi connectivity index (χ0n) is 22.7. The topological polar surface area (TPSA) is 86.8 Å². The molecule has 8 heteroatoms. The van der Waals surface area contributed by atoms with Gasteiger partial charge in [-0.2, -0.15) is 0 Å². The molecule has 7 nitrogen and oxygen atoms in total. The van der Waals surface area contributed by atoms with Gasteiger partial charge in [0, 0.05) is 25.0 Å². The number of hydrogen-bond acceptors (Lipinski definition) is 4. The van der Waals surface area contributed by atoms with Crippen LogP contribution in [-0.2, 0) is 26.2 Å². The smallest absolute Gasteiger partial charge is 0.243 e. The van der Waals surface area contributed by atoms with E-state index in [9.17, 15) is 18.0 Å². The molecule has 2 rings (SSSR count). The molecule has 1 atom stereocenters. The number of carbonyl (C=O) groups excluding carboxylic acids is 2. The van der Waals surface area contributed by atoms with Crippen molar-refractivity contribution in [2.45, 2.75) is 78.9 Å². The summed E-state index contributed by atoms with van der Waals surface area (Å²) in [6, 6.07) is 14.6. The molecule has 0 bridgehead atoms. The van der Waals surface area contributed by atoms with E-state index in [0.29, 0.717) is 25.1 Å². The summed E-state index contributed by atoms with van der Waals surface area (Å²) in [7, 11) is -3.53. The fraction of sp³-hybridized carbons (Fsp3) is 0.500. The lowest BCUT2D eigenvalue weighted by molar-refractivity contribution is -0.142. The van der Waals surface area contributed by atoms with Gasteiger partial charge in [0.15, 0.2) is 0 Å². The predicted molar refractivity (Wildman–Crippen MR) is 146 cm³/mol. The van der Waals surface area contributed by atoms with E-state index in [2.05, 4.69) is 5.32 Å². The van der Waals surface area contributed by atoms with E-state index in [0.717, 1.165) is 16.7 Å². The van der Waals surface area contributed by atoms with Crippen molar-refractivity contribution in [3.63, 3.8) is 0 Å². The normalized spacial score (nSPS) is 12.6. The third-order valence-corrected chi connectivity index (χ3v) is 6.92. The lowest BCUT2D eigenvalue weighted by atomic mass is 10.0. The molecule has 0 aliphatic rings. The zero-order chi connectivity index (χ0) is 27.1. The molecule has 2 amide bonds. The number of rotatable bonds is 11. The first-order valence-electron chi connectivity index (χ1n) is 12.4. The summed E-state index contributed by atoms with van der Waals surface area (Å²) in [4.78, 5) is 28.2. The first-order chi connectivity index (χ1) is 16.7. The standard InChI is InChI=1S/C28H41N3O4S/c1-8-25(27(33)29-28(4,5)6)30(20-23-13-10-9-11-14-23)26(32)15-12-16-31(36(7,34)35)24-18-21(2)17-22(3)19-24/h9-11,13-14,17-19,25H,8,12,15-16,20H2,1-7H3,(H,29,33)/t25-/m1/s1. The third kappa shape index (κ3) is 8.97. The maximum Gasteiger partial charge on any atom is 0.243 e. The van der Waals surface area contributed by atoms with Crippen LogP contribution in [0.1, 0.15) is 63.6 Å². The molecule has 0 aromatic heterocycles. The van der Waals surface area contributed by atoms with Crippen molar-refractivity contribution < 1.29 is 18.0 Å². The van der Waals surface area contributed by atoms with E-state index < -0.39 is 21.6 Å². The van der Waals surface area contributed by atoms with Crippen LogP contribution in [0.4, 0.5) is 5.69 Å². The number of sulfonamides is 1. The quantitative estimate of drug-likeness (QED) is 0.475. The van der Waals surface area contributed by atoms with Gasteiger partial charge in [0.2, 0.25) is 21.8 Å². The van der Waals surface area contributed by atoms with Gasteiger partial charge in [0.25, 0.3) is 0 Å². The van der Waals surface area contributed by atoms with Crippen molar-refractivity contribution >= 4 is 27.5 Å². The predicted octanol–water partition coefficient (Wildman–Crippen LogP) is 4.57. The lowest BCUT2D eigenvalue weighted by Crippen LogP contribution is -2.53. The minimum absolute atomic E-state index is 0.128. The summed E-state index contributed by atoms with van der Waals surface area (Å²) in [6.07, 6.45) is 2.11. The van der Waals surface area contributed by atoms with E-state index in [1.165, 1.54) is 10.6 Å². The molecule has 0 aliphatic carbocycles. The fourth-order valence-corrected chi connectivity index (χ4v) is 5.20. The molecule has 36 heavy (non-hydrogen) atoms. The van der Waals surface area contributed by atoms with Gasteiger partial charge in [-0.15, -0.1) is 0 Å². The van der Waals surface area contributed by atoms with Crippen molar-refractivity contribution in [1.29, 1.82) is 0 Å². The van der Waals surface area contributed by atoms with Gasteiger partial charge < -0.3 is 10.2 Å². The molecular formula is C28H41N3O4S. The van der Waals surface area contributed by atoms with Crippen LogP contribution < -0.4 is 9.62 Å². The highest BCUT2D eigenvalue weighted by Gasteiger charge is 2.30. The van der Waals surface area contributed by atoms with Gasteiger partial charge in [-0.1, -0.05) is 43.3 Å². The Labute approximate surface area is 216 Å². The molecule has 2 aromatic rings. The number of nitrogens with one attached hydrogen (secondary N) is 1. The molecule has 0 spiro atoms. The second kappa shape index (κ2) is 12.4. The monoisotopic (exact) mass is 515 g/mol. The Morgan fingerprint density at radius 2 is 1.58 bits per heavy atom. The van der Waals surface area contributed by atoms with Gasteiger partial charge >= 0.3 is 0 Å². The molecule has 0 unspecified atom stereocenters. The number of aryl methyl sites for hydroxylation is 2.